The Morgan fingerprint density at radius 2 is 1.69 bits per heavy atom. The van der Waals surface area contributed by atoms with Crippen LogP contribution in [0.1, 0.15) is 63.5 Å². The summed E-state index contributed by atoms with van der Waals surface area (Å²) in [6, 6.07) is 0. The average molecular weight is 218 g/mol. The van der Waals surface area contributed by atoms with E-state index < -0.39 is 0 Å². The Kier molecular flexibility index (Phi) is 3.27. The first-order chi connectivity index (χ1) is 7.57. The van der Waals surface area contributed by atoms with Crippen LogP contribution in [0, 0.1) is 0 Å². The van der Waals surface area contributed by atoms with Crippen LogP contribution in [-0.4, -0.2) is 9.97 Å². The van der Waals surface area contributed by atoms with E-state index in [1.165, 1.54) is 43.4 Å². The molecule has 1 heterocycles. The van der Waals surface area contributed by atoms with Crippen LogP contribution in [0.4, 0.5) is 0 Å². The van der Waals surface area contributed by atoms with Gasteiger partial charge in [-0.05, 0) is 31.2 Å². The number of hydrogen-bond acceptors (Lipinski definition) is 2. The summed E-state index contributed by atoms with van der Waals surface area (Å²) < 4.78 is 0. The number of rotatable bonds is 0. The summed E-state index contributed by atoms with van der Waals surface area (Å²) >= 11 is 0. The molecule has 0 spiro atoms. The number of hydrogen-bond donors (Lipinski definition) is 0. The smallest absolute Gasteiger partial charge is 0.133 e. The predicted octanol–water partition coefficient (Wildman–Crippen LogP) is 3.43. The summed E-state index contributed by atoms with van der Waals surface area (Å²) in [6.07, 6.45) is 9.67. The SMILES string of the molecule is CC(C)(C)c1ncc2c(n1)CCCCCC2. The Balaban J connectivity index is 2.32. The summed E-state index contributed by atoms with van der Waals surface area (Å²) in [7, 11) is 0. The van der Waals surface area contributed by atoms with Gasteiger partial charge in [0, 0.05) is 17.3 Å². The highest BCUT2D eigenvalue weighted by Gasteiger charge is 2.19. The second-order valence-electron chi connectivity index (χ2n) is 5.83. The fourth-order valence-electron chi connectivity index (χ4n) is 2.19. The normalized spacial score (nSPS) is 17.4. The van der Waals surface area contributed by atoms with E-state index in [4.69, 9.17) is 4.98 Å². The van der Waals surface area contributed by atoms with Crippen molar-refractivity contribution in [3.63, 3.8) is 0 Å². The summed E-state index contributed by atoms with van der Waals surface area (Å²) in [4.78, 5) is 9.30. The number of fused-ring (bicyclic) bond motifs is 1. The van der Waals surface area contributed by atoms with Gasteiger partial charge in [0.1, 0.15) is 5.82 Å². The van der Waals surface area contributed by atoms with Crippen molar-refractivity contribution in [2.45, 2.75) is 64.7 Å². The summed E-state index contributed by atoms with van der Waals surface area (Å²) in [5, 5.41) is 0. The van der Waals surface area contributed by atoms with Gasteiger partial charge in [0.2, 0.25) is 0 Å². The van der Waals surface area contributed by atoms with E-state index in [1.807, 2.05) is 0 Å². The number of nitrogens with zero attached hydrogens (tertiary/aromatic N) is 2. The molecule has 0 amide bonds. The third kappa shape index (κ3) is 2.60. The Labute approximate surface area is 98.5 Å². The molecule has 0 saturated carbocycles. The Hall–Kier alpha value is -0.920. The number of aromatic nitrogens is 2. The van der Waals surface area contributed by atoms with Crippen LogP contribution in [0.15, 0.2) is 6.20 Å². The van der Waals surface area contributed by atoms with Crippen LogP contribution in [0.3, 0.4) is 0 Å². The minimum absolute atomic E-state index is 0.0669. The molecule has 0 N–H and O–H groups in total. The molecule has 0 aliphatic heterocycles. The summed E-state index contributed by atoms with van der Waals surface area (Å²) in [5.41, 5.74) is 2.75. The molecule has 16 heavy (non-hydrogen) atoms. The topological polar surface area (TPSA) is 25.8 Å². The first kappa shape index (κ1) is 11.6. The second-order valence-corrected chi connectivity index (χ2v) is 5.83. The van der Waals surface area contributed by atoms with Gasteiger partial charge < -0.3 is 0 Å². The lowest BCUT2D eigenvalue weighted by Crippen LogP contribution is -2.18. The van der Waals surface area contributed by atoms with E-state index in [0.717, 1.165) is 12.2 Å². The van der Waals surface area contributed by atoms with Crippen molar-refractivity contribution in [3.05, 3.63) is 23.3 Å². The molecule has 1 aromatic rings. The lowest BCUT2D eigenvalue weighted by molar-refractivity contribution is 0.531. The van der Waals surface area contributed by atoms with Crippen molar-refractivity contribution in [1.82, 2.24) is 9.97 Å². The van der Waals surface area contributed by atoms with Crippen molar-refractivity contribution < 1.29 is 0 Å². The van der Waals surface area contributed by atoms with Gasteiger partial charge in [0.15, 0.2) is 0 Å². The van der Waals surface area contributed by atoms with E-state index in [2.05, 4.69) is 32.0 Å². The third-order valence-electron chi connectivity index (χ3n) is 3.23. The van der Waals surface area contributed by atoms with Crippen LogP contribution < -0.4 is 0 Å². The minimum atomic E-state index is 0.0669. The van der Waals surface area contributed by atoms with Crippen molar-refractivity contribution in [3.8, 4) is 0 Å². The van der Waals surface area contributed by atoms with Crippen molar-refractivity contribution in [2.75, 3.05) is 0 Å². The van der Waals surface area contributed by atoms with Crippen LogP contribution in [0.5, 0.6) is 0 Å². The van der Waals surface area contributed by atoms with Crippen LogP contribution in [0.25, 0.3) is 0 Å². The molecular formula is C14H22N2. The van der Waals surface area contributed by atoms with E-state index in [9.17, 15) is 0 Å². The van der Waals surface area contributed by atoms with Gasteiger partial charge >= 0.3 is 0 Å². The maximum absolute atomic E-state index is 4.78. The first-order valence-electron chi connectivity index (χ1n) is 6.42. The highest BCUT2D eigenvalue weighted by molar-refractivity contribution is 5.20. The van der Waals surface area contributed by atoms with Crippen molar-refractivity contribution in [2.24, 2.45) is 0 Å². The fourth-order valence-corrected chi connectivity index (χ4v) is 2.19. The molecule has 1 aromatic heterocycles. The Morgan fingerprint density at radius 1 is 1.00 bits per heavy atom. The Morgan fingerprint density at radius 3 is 2.38 bits per heavy atom. The zero-order chi connectivity index (χ0) is 11.6. The highest BCUT2D eigenvalue weighted by Crippen LogP contribution is 2.22. The van der Waals surface area contributed by atoms with E-state index in [1.54, 1.807) is 0 Å². The van der Waals surface area contributed by atoms with Crippen LogP contribution in [-0.2, 0) is 18.3 Å². The summed E-state index contributed by atoms with van der Waals surface area (Å²) in [6.45, 7) is 6.53. The van der Waals surface area contributed by atoms with Crippen molar-refractivity contribution >= 4 is 0 Å². The molecule has 0 saturated heterocycles. The molecular weight excluding hydrogens is 196 g/mol. The largest absolute Gasteiger partial charge is 0.241 e. The average Bonchev–Trinajstić information content (AvgIpc) is 2.16. The maximum Gasteiger partial charge on any atom is 0.133 e. The van der Waals surface area contributed by atoms with Gasteiger partial charge in [-0.15, -0.1) is 0 Å². The van der Waals surface area contributed by atoms with E-state index in [-0.39, 0.29) is 5.41 Å². The molecule has 1 aliphatic carbocycles. The van der Waals surface area contributed by atoms with Crippen molar-refractivity contribution in [1.29, 1.82) is 0 Å². The fraction of sp³-hybridized carbons (Fsp3) is 0.714. The zero-order valence-electron chi connectivity index (χ0n) is 10.7. The molecule has 0 aromatic carbocycles. The molecule has 2 heteroatoms. The molecule has 0 radical (unpaired) electrons. The third-order valence-corrected chi connectivity index (χ3v) is 3.23. The zero-order valence-corrected chi connectivity index (χ0v) is 10.7. The molecule has 0 atom stereocenters. The quantitative estimate of drug-likeness (QED) is 0.666. The maximum atomic E-state index is 4.78. The predicted molar refractivity (Wildman–Crippen MR) is 66.6 cm³/mol. The van der Waals surface area contributed by atoms with Crippen LogP contribution >= 0.6 is 0 Å². The molecule has 2 nitrogen and oxygen atoms in total. The number of aryl methyl sites for hydroxylation is 2. The molecule has 1 aliphatic rings. The lowest BCUT2D eigenvalue weighted by Gasteiger charge is -2.19. The highest BCUT2D eigenvalue weighted by atomic mass is 14.9. The van der Waals surface area contributed by atoms with Gasteiger partial charge in [0.05, 0.1) is 0 Å². The monoisotopic (exact) mass is 218 g/mol. The van der Waals surface area contributed by atoms with E-state index >= 15 is 0 Å². The second kappa shape index (κ2) is 4.52. The molecule has 2 rings (SSSR count). The van der Waals surface area contributed by atoms with Gasteiger partial charge in [0.25, 0.3) is 0 Å². The van der Waals surface area contributed by atoms with Crippen LogP contribution in [0.2, 0.25) is 0 Å². The summed E-state index contributed by atoms with van der Waals surface area (Å²) in [5.74, 6) is 0.992. The molecule has 0 bridgehead atoms. The Bertz CT molecular complexity index is 363. The lowest BCUT2D eigenvalue weighted by atomic mass is 9.94. The standard InChI is InChI=1S/C14H22N2/c1-14(2,3)13-15-10-11-8-6-4-5-7-9-12(11)16-13/h10H,4-9H2,1-3H3. The van der Waals surface area contributed by atoms with Gasteiger partial charge in [-0.2, -0.15) is 0 Å². The first-order valence-corrected chi connectivity index (χ1v) is 6.42. The van der Waals surface area contributed by atoms with Gasteiger partial charge in [-0.3, -0.25) is 0 Å². The van der Waals surface area contributed by atoms with Gasteiger partial charge in [-0.25, -0.2) is 9.97 Å². The molecule has 0 fully saturated rings. The van der Waals surface area contributed by atoms with Gasteiger partial charge in [-0.1, -0.05) is 33.6 Å². The van der Waals surface area contributed by atoms with E-state index in [0.29, 0.717) is 0 Å². The molecule has 0 unspecified atom stereocenters. The molecule has 88 valence electrons. The minimum Gasteiger partial charge on any atom is -0.241 e.